The summed E-state index contributed by atoms with van der Waals surface area (Å²) in [5, 5.41) is 11.1. The van der Waals surface area contributed by atoms with Crippen LogP contribution in [0, 0.1) is 13.8 Å². The number of carbonyl (C=O) groups excluding carboxylic acids is 1. The predicted octanol–water partition coefficient (Wildman–Crippen LogP) is 1.63. The fourth-order valence-corrected chi connectivity index (χ4v) is 1.63. The lowest BCUT2D eigenvalue weighted by Gasteiger charge is -2.13. The van der Waals surface area contributed by atoms with Crippen molar-refractivity contribution in [2.45, 2.75) is 20.5 Å². The number of amides is 1. The van der Waals surface area contributed by atoms with E-state index in [2.05, 4.69) is 10.1 Å². The van der Waals surface area contributed by atoms with Gasteiger partial charge < -0.3 is 15.2 Å². The van der Waals surface area contributed by atoms with Crippen LogP contribution in [0.25, 0.3) is 0 Å². The molecule has 1 aromatic rings. The molecule has 6 heteroatoms. The minimum absolute atomic E-state index is 0.0868. The van der Waals surface area contributed by atoms with Crippen molar-refractivity contribution >= 4 is 5.91 Å². The fraction of sp³-hybridized carbons (Fsp3) is 0.417. The maximum atomic E-state index is 12.2. The number of benzene rings is 1. The van der Waals surface area contributed by atoms with Crippen LogP contribution in [0.5, 0.6) is 5.75 Å². The van der Waals surface area contributed by atoms with Crippen molar-refractivity contribution in [2.75, 3.05) is 13.2 Å². The van der Waals surface area contributed by atoms with Crippen LogP contribution >= 0.6 is 0 Å². The normalized spacial score (nSPS) is 10.6. The Bertz CT molecular complexity index is 412. The summed E-state index contributed by atoms with van der Waals surface area (Å²) in [5.74, 6) is -0.275. The molecule has 0 unspecified atom stereocenters. The average Bonchev–Trinajstić information content (AvgIpc) is 2.30. The quantitative estimate of drug-likeness (QED) is 0.845. The molecule has 0 aliphatic rings. The van der Waals surface area contributed by atoms with Crippen LogP contribution in [0.4, 0.5) is 8.78 Å². The second-order valence-electron chi connectivity index (χ2n) is 3.80. The molecule has 1 amide bonds. The number of carbonyl (C=O) groups is 1. The molecule has 0 radical (unpaired) electrons. The lowest BCUT2D eigenvalue weighted by Crippen LogP contribution is -2.26. The number of ether oxygens (including phenoxy) is 1. The SMILES string of the molecule is Cc1cc(C(=O)NCCO)cc(C)c1OC(F)F. The minimum Gasteiger partial charge on any atom is -0.434 e. The standard InChI is InChI=1S/C12H15F2NO3/c1-7-5-9(11(17)15-3-4-16)6-8(2)10(7)18-12(13)14/h5-6,12,16H,3-4H2,1-2H3,(H,15,17). The number of alkyl halides is 2. The number of aliphatic hydroxyl groups excluding tert-OH is 1. The van der Waals surface area contributed by atoms with Gasteiger partial charge in [-0.15, -0.1) is 0 Å². The topological polar surface area (TPSA) is 58.6 Å². The number of aliphatic hydroxyl groups is 1. The van der Waals surface area contributed by atoms with Crippen LogP contribution in [-0.2, 0) is 0 Å². The van der Waals surface area contributed by atoms with E-state index in [1.165, 1.54) is 12.1 Å². The fourth-order valence-electron chi connectivity index (χ4n) is 1.63. The highest BCUT2D eigenvalue weighted by atomic mass is 19.3. The summed E-state index contributed by atoms with van der Waals surface area (Å²) in [4.78, 5) is 11.6. The van der Waals surface area contributed by atoms with Gasteiger partial charge in [-0.2, -0.15) is 8.78 Å². The summed E-state index contributed by atoms with van der Waals surface area (Å²) in [6, 6.07) is 2.94. The Balaban J connectivity index is 2.95. The monoisotopic (exact) mass is 259 g/mol. The molecule has 0 aromatic heterocycles. The Morgan fingerprint density at radius 2 is 1.94 bits per heavy atom. The van der Waals surface area contributed by atoms with Crippen molar-refractivity contribution in [3.05, 3.63) is 28.8 Å². The second-order valence-corrected chi connectivity index (χ2v) is 3.80. The molecule has 0 aliphatic carbocycles. The van der Waals surface area contributed by atoms with E-state index >= 15 is 0 Å². The van der Waals surface area contributed by atoms with Gasteiger partial charge in [-0.25, -0.2) is 0 Å². The van der Waals surface area contributed by atoms with E-state index in [-0.39, 0.29) is 24.8 Å². The molecular weight excluding hydrogens is 244 g/mol. The molecule has 4 nitrogen and oxygen atoms in total. The van der Waals surface area contributed by atoms with Gasteiger partial charge in [0.2, 0.25) is 0 Å². The van der Waals surface area contributed by atoms with E-state index in [1.807, 2.05) is 0 Å². The maximum absolute atomic E-state index is 12.2. The van der Waals surface area contributed by atoms with Gasteiger partial charge in [-0.1, -0.05) is 0 Å². The average molecular weight is 259 g/mol. The van der Waals surface area contributed by atoms with E-state index in [1.54, 1.807) is 13.8 Å². The van der Waals surface area contributed by atoms with Crippen LogP contribution in [-0.4, -0.2) is 30.8 Å². The van der Waals surface area contributed by atoms with Gasteiger partial charge in [-0.3, -0.25) is 4.79 Å². The smallest absolute Gasteiger partial charge is 0.387 e. The first kappa shape index (κ1) is 14.4. The molecular formula is C12H15F2NO3. The van der Waals surface area contributed by atoms with Crippen LogP contribution in [0.15, 0.2) is 12.1 Å². The third kappa shape index (κ3) is 3.66. The molecule has 0 fully saturated rings. The van der Waals surface area contributed by atoms with Crippen LogP contribution in [0.3, 0.4) is 0 Å². The molecule has 0 bridgehead atoms. The predicted molar refractivity (Wildman–Crippen MR) is 62.0 cm³/mol. The van der Waals surface area contributed by atoms with E-state index < -0.39 is 6.61 Å². The van der Waals surface area contributed by atoms with E-state index in [4.69, 9.17) is 5.11 Å². The van der Waals surface area contributed by atoms with Gasteiger partial charge in [-0.05, 0) is 37.1 Å². The number of halogens is 2. The van der Waals surface area contributed by atoms with Crippen molar-refractivity contribution < 1.29 is 23.4 Å². The summed E-state index contributed by atoms with van der Waals surface area (Å²) in [7, 11) is 0. The highest BCUT2D eigenvalue weighted by molar-refractivity contribution is 5.94. The molecule has 1 aromatic carbocycles. The molecule has 18 heavy (non-hydrogen) atoms. The van der Waals surface area contributed by atoms with Crippen molar-refractivity contribution in [3.63, 3.8) is 0 Å². The molecule has 0 spiro atoms. The molecule has 0 saturated carbocycles. The molecule has 0 saturated heterocycles. The van der Waals surface area contributed by atoms with Gasteiger partial charge in [0.1, 0.15) is 5.75 Å². The van der Waals surface area contributed by atoms with Gasteiger partial charge in [0.05, 0.1) is 6.61 Å². The first-order valence-electron chi connectivity index (χ1n) is 5.40. The van der Waals surface area contributed by atoms with Crippen LogP contribution < -0.4 is 10.1 Å². The summed E-state index contributed by atoms with van der Waals surface area (Å²) in [6.07, 6.45) is 0. The lowest BCUT2D eigenvalue weighted by atomic mass is 10.1. The van der Waals surface area contributed by atoms with Gasteiger partial charge in [0.25, 0.3) is 5.91 Å². The first-order valence-corrected chi connectivity index (χ1v) is 5.40. The Hall–Kier alpha value is -1.69. The number of aryl methyl sites for hydroxylation is 2. The van der Waals surface area contributed by atoms with E-state index in [9.17, 15) is 13.6 Å². The van der Waals surface area contributed by atoms with Crippen molar-refractivity contribution in [3.8, 4) is 5.75 Å². The number of hydrogen-bond acceptors (Lipinski definition) is 3. The van der Waals surface area contributed by atoms with Gasteiger partial charge >= 0.3 is 6.61 Å². The zero-order chi connectivity index (χ0) is 13.7. The van der Waals surface area contributed by atoms with Crippen molar-refractivity contribution in [1.82, 2.24) is 5.32 Å². The Morgan fingerprint density at radius 3 is 2.39 bits per heavy atom. The summed E-state index contributed by atoms with van der Waals surface area (Å²) in [6.45, 7) is 0.278. The molecule has 0 atom stereocenters. The van der Waals surface area contributed by atoms with Crippen molar-refractivity contribution in [2.24, 2.45) is 0 Å². The maximum Gasteiger partial charge on any atom is 0.387 e. The zero-order valence-corrected chi connectivity index (χ0v) is 10.2. The van der Waals surface area contributed by atoms with E-state index in [0.717, 1.165) is 0 Å². The third-order valence-corrected chi connectivity index (χ3v) is 2.33. The number of hydrogen-bond donors (Lipinski definition) is 2. The summed E-state index contributed by atoms with van der Waals surface area (Å²) in [5.41, 5.74) is 1.27. The number of nitrogens with one attached hydrogen (secondary N) is 1. The largest absolute Gasteiger partial charge is 0.434 e. The summed E-state index contributed by atoms with van der Waals surface area (Å²) >= 11 is 0. The highest BCUT2D eigenvalue weighted by Gasteiger charge is 2.14. The zero-order valence-electron chi connectivity index (χ0n) is 10.2. The van der Waals surface area contributed by atoms with Crippen LogP contribution in [0.1, 0.15) is 21.5 Å². The molecule has 2 N–H and O–H groups in total. The number of rotatable bonds is 5. The third-order valence-electron chi connectivity index (χ3n) is 2.33. The van der Waals surface area contributed by atoms with E-state index in [0.29, 0.717) is 16.7 Å². The second kappa shape index (κ2) is 6.30. The summed E-state index contributed by atoms with van der Waals surface area (Å²) < 4.78 is 28.7. The van der Waals surface area contributed by atoms with Crippen LogP contribution in [0.2, 0.25) is 0 Å². The molecule has 100 valence electrons. The first-order chi connectivity index (χ1) is 8.45. The minimum atomic E-state index is -2.89. The Morgan fingerprint density at radius 1 is 1.39 bits per heavy atom. The Labute approximate surface area is 104 Å². The Kier molecular flexibility index (Phi) is 5.03. The molecule has 0 heterocycles. The van der Waals surface area contributed by atoms with Gasteiger partial charge in [0, 0.05) is 12.1 Å². The lowest BCUT2D eigenvalue weighted by molar-refractivity contribution is -0.0507. The molecule has 1 rings (SSSR count). The highest BCUT2D eigenvalue weighted by Crippen LogP contribution is 2.26. The van der Waals surface area contributed by atoms with Crippen molar-refractivity contribution in [1.29, 1.82) is 0 Å². The molecule has 0 aliphatic heterocycles. The van der Waals surface area contributed by atoms with Gasteiger partial charge in [0.15, 0.2) is 0 Å².